The zero-order valence-corrected chi connectivity index (χ0v) is 11.0. The topological polar surface area (TPSA) is 21.3 Å². The Morgan fingerprint density at radius 2 is 1.95 bits per heavy atom. The van der Waals surface area contributed by atoms with Gasteiger partial charge in [0, 0.05) is 18.5 Å². The molecule has 2 unspecified atom stereocenters. The first-order chi connectivity index (χ1) is 9.36. The van der Waals surface area contributed by atoms with Crippen molar-refractivity contribution in [3.05, 3.63) is 64.7 Å². The summed E-state index contributed by atoms with van der Waals surface area (Å²) in [7, 11) is 1.74. The molecule has 3 aliphatic rings. The van der Waals surface area contributed by atoms with Gasteiger partial charge in [-0.3, -0.25) is 0 Å². The average Bonchev–Trinajstić information content (AvgIpc) is 2.73. The minimum absolute atomic E-state index is 0.445. The molecule has 1 N–H and O–H groups in total. The van der Waals surface area contributed by atoms with Crippen LogP contribution >= 0.6 is 0 Å². The van der Waals surface area contributed by atoms with Crippen molar-refractivity contribution in [2.45, 2.75) is 18.4 Å². The molecule has 2 atom stereocenters. The number of methoxy groups -OCH3 is 1. The smallest absolute Gasteiger partial charge is 0.119 e. The summed E-state index contributed by atoms with van der Waals surface area (Å²) in [5.41, 5.74) is 5.84. The summed E-state index contributed by atoms with van der Waals surface area (Å²) in [6, 6.07) is 15.8. The molecule has 0 saturated carbocycles. The van der Waals surface area contributed by atoms with Crippen molar-refractivity contribution in [3.8, 4) is 5.75 Å². The molecule has 96 valence electrons. The molecule has 0 aromatic heterocycles. The van der Waals surface area contributed by atoms with E-state index in [2.05, 4.69) is 47.8 Å². The summed E-state index contributed by atoms with van der Waals surface area (Å²) in [6.07, 6.45) is 1.09. The summed E-state index contributed by atoms with van der Waals surface area (Å²) in [5, 5.41) is 3.68. The van der Waals surface area contributed by atoms with Gasteiger partial charge in [-0.15, -0.1) is 0 Å². The number of fused-ring (bicyclic) bond motifs is 1. The number of ether oxygens (including phenoxy) is 1. The van der Waals surface area contributed by atoms with E-state index in [-0.39, 0.29) is 0 Å². The maximum atomic E-state index is 5.40. The van der Waals surface area contributed by atoms with Gasteiger partial charge in [-0.05, 0) is 40.8 Å². The van der Waals surface area contributed by atoms with Crippen LogP contribution in [0.2, 0.25) is 0 Å². The number of benzene rings is 2. The minimum atomic E-state index is 0.445. The Bertz CT molecular complexity index is 635. The van der Waals surface area contributed by atoms with Crippen molar-refractivity contribution in [1.29, 1.82) is 0 Å². The van der Waals surface area contributed by atoms with Crippen LogP contribution in [0.1, 0.15) is 34.2 Å². The molecule has 5 rings (SSSR count). The van der Waals surface area contributed by atoms with Crippen molar-refractivity contribution in [3.63, 3.8) is 0 Å². The van der Waals surface area contributed by atoms with E-state index in [1.807, 2.05) is 0 Å². The zero-order chi connectivity index (χ0) is 12.8. The lowest BCUT2D eigenvalue weighted by atomic mass is 9.85. The third-order valence-electron chi connectivity index (χ3n) is 4.47. The predicted molar refractivity (Wildman–Crippen MR) is 75.7 cm³/mol. The van der Waals surface area contributed by atoms with E-state index in [1.54, 1.807) is 7.11 Å². The first kappa shape index (κ1) is 11.1. The summed E-state index contributed by atoms with van der Waals surface area (Å²) >= 11 is 0. The van der Waals surface area contributed by atoms with Gasteiger partial charge in [-0.1, -0.05) is 30.3 Å². The molecule has 0 spiro atoms. The number of hydrogen-bond acceptors (Lipinski definition) is 2. The second-order valence-corrected chi connectivity index (χ2v) is 5.41. The fourth-order valence-electron chi connectivity index (χ4n) is 3.52. The second-order valence-electron chi connectivity index (χ2n) is 5.41. The lowest BCUT2D eigenvalue weighted by Crippen LogP contribution is -2.31. The lowest BCUT2D eigenvalue weighted by molar-refractivity contribution is 0.411. The standard InChI is InChI=1S/C17H17NO/c1-19-12-6-7-14-15(9-12)16-10-18-17(14)8-11-4-2-3-5-13(11)16/h2-7,9,16-18H,8,10H2,1H3. The van der Waals surface area contributed by atoms with Crippen LogP contribution in [0.15, 0.2) is 42.5 Å². The highest BCUT2D eigenvalue weighted by Crippen LogP contribution is 2.42. The SMILES string of the molecule is COc1ccc2c(c1)C1CNC2Cc2ccccc21. The fraction of sp³-hybridized carbons (Fsp3) is 0.294. The molecule has 19 heavy (non-hydrogen) atoms. The van der Waals surface area contributed by atoms with Crippen LogP contribution < -0.4 is 10.1 Å². The van der Waals surface area contributed by atoms with Crippen molar-refractivity contribution in [2.75, 3.05) is 13.7 Å². The number of hydrogen-bond donors (Lipinski definition) is 1. The molecule has 0 radical (unpaired) electrons. The van der Waals surface area contributed by atoms with Gasteiger partial charge in [0.15, 0.2) is 0 Å². The lowest BCUT2D eigenvalue weighted by Gasteiger charge is -2.29. The fourth-order valence-corrected chi connectivity index (χ4v) is 3.52. The van der Waals surface area contributed by atoms with E-state index in [9.17, 15) is 0 Å². The summed E-state index contributed by atoms with van der Waals surface area (Å²) in [5.74, 6) is 1.42. The summed E-state index contributed by atoms with van der Waals surface area (Å²) < 4.78 is 5.40. The maximum absolute atomic E-state index is 5.40. The van der Waals surface area contributed by atoms with Gasteiger partial charge in [0.1, 0.15) is 5.75 Å². The zero-order valence-electron chi connectivity index (χ0n) is 11.0. The van der Waals surface area contributed by atoms with E-state index >= 15 is 0 Å². The Balaban J connectivity index is 1.94. The van der Waals surface area contributed by atoms with Gasteiger partial charge in [0.25, 0.3) is 0 Å². The van der Waals surface area contributed by atoms with Gasteiger partial charge in [0.2, 0.25) is 0 Å². The Labute approximate surface area is 113 Å². The van der Waals surface area contributed by atoms with Crippen molar-refractivity contribution >= 4 is 0 Å². The third kappa shape index (κ3) is 1.60. The third-order valence-corrected chi connectivity index (χ3v) is 4.47. The molecule has 2 aliphatic heterocycles. The molecule has 2 aromatic carbocycles. The van der Waals surface area contributed by atoms with Crippen LogP contribution in [0, 0.1) is 0 Å². The maximum Gasteiger partial charge on any atom is 0.119 e. The molecule has 1 aliphatic carbocycles. The van der Waals surface area contributed by atoms with Gasteiger partial charge in [-0.2, -0.15) is 0 Å². The van der Waals surface area contributed by atoms with E-state index in [1.165, 1.54) is 22.3 Å². The van der Waals surface area contributed by atoms with Gasteiger partial charge in [0.05, 0.1) is 7.11 Å². The largest absolute Gasteiger partial charge is 0.497 e. The quantitative estimate of drug-likeness (QED) is 0.841. The molecular weight excluding hydrogens is 234 g/mol. The van der Waals surface area contributed by atoms with Gasteiger partial charge < -0.3 is 10.1 Å². The van der Waals surface area contributed by atoms with E-state index in [0.717, 1.165) is 18.7 Å². The molecule has 2 bridgehead atoms. The Hall–Kier alpha value is -1.80. The Kier molecular flexibility index (Phi) is 2.39. The molecule has 2 heteroatoms. The van der Waals surface area contributed by atoms with Crippen LogP contribution in [-0.4, -0.2) is 13.7 Å². The van der Waals surface area contributed by atoms with E-state index in [4.69, 9.17) is 4.74 Å². The molecule has 0 saturated heterocycles. The summed E-state index contributed by atoms with van der Waals surface area (Å²) in [4.78, 5) is 0. The highest BCUT2D eigenvalue weighted by Gasteiger charge is 2.33. The number of rotatable bonds is 1. The predicted octanol–water partition coefficient (Wildman–Crippen LogP) is 3.03. The van der Waals surface area contributed by atoms with Crippen LogP contribution in [0.5, 0.6) is 5.75 Å². The van der Waals surface area contributed by atoms with Crippen LogP contribution in [0.3, 0.4) is 0 Å². The molecule has 0 fully saturated rings. The second kappa shape index (κ2) is 4.10. The van der Waals surface area contributed by atoms with E-state index in [0.29, 0.717) is 12.0 Å². The Morgan fingerprint density at radius 1 is 1.05 bits per heavy atom. The van der Waals surface area contributed by atoms with Crippen molar-refractivity contribution in [1.82, 2.24) is 5.32 Å². The number of nitrogens with one attached hydrogen (secondary N) is 1. The van der Waals surface area contributed by atoms with Crippen molar-refractivity contribution in [2.24, 2.45) is 0 Å². The molecule has 0 amide bonds. The molecular formula is C17H17NO. The summed E-state index contributed by atoms with van der Waals surface area (Å²) in [6.45, 7) is 1.03. The molecule has 2 nitrogen and oxygen atoms in total. The van der Waals surface area contributed by atoms with E-state index < -0.39 is 0 Å². The van der Waals surface area contributed by atoms with Gasteiger partial charge in [-0.25, -0.2) is 0 Å². The highest BCUT2D eigenvalue weighted by molar-refractivity contribution is 5.51. The van der Waals surface area contributed by atoms with Crippen LogP contribution in [0.25, 0.3) is 0 Å². The molecule has 2 aromatic rings. The molecule has 2 heterocycles. The Morgan fingerprint density at radius 3 is 2.84 bits per heavy atom. The monoisotopic (exact) mass is 251 g/mol. The minimum Gasteiger partial charge on any atom is -0.497 e. The van der Waals surface area contributed by atoms with Crippen LogP contribution in [-0.2, 0) is 6.42 Å². The van der Waals surface area contributed by atoms with Crippen molar-refractivity contribution < 1.29 is 4.74 Å². The normalized spacial score (nSPS) is 23.4. The first-order valence-electron chi connectivity index (χ1n) is 6.86. The highest BCUT2D eigenvalue weighted by atomic mass is 16.5. The van der Waals surface area contributed by atoms with Gasteiger partial charge >= 0.3 is 0 Å². The average molecular weight is 251 g/mol. The first-order valence-corrected chi connectivity index (χ1v) is 6.86. The van der Waals surface area contributed by atoms with Crippen LogP contribution in [0.4, 0.5) is 0 Å².